The van der Waals surface area contributed by atoms with Gasteiger partial charge in [-0.2, -0.15) is 10.2 Å². The minimum absolute atomic E-state index is 0.00712. The van der Waals surface area contributed by atoms with E-state index in [1.54, 1.807) is 35.1 Å². The summed E-state index contributed by atoms with van der Waals surface area (Å²) in [6.45, 7) is 5.72. The van der Waals surface area contributed by atoms with Crippen molar-refractivity contribution in [3.05, 3.63) is 52.6 Å². The van der Waals surface area contributed by atoms with Crippen molar-refractivity contribution in [3.63, 3.8) is 0 Å². The standard InChI is InChI=1S/C21H25N5O4S/c1-21(2,3)17-10-18(26(24-17)15-8-9-31(29,30)13-15)23-19(27)12-25-20(28)16-7-5-4-6-14(16)11-22-25/h4-7,10-11,15H,8-9,12-13H2,1-3H3,(H,23,27). The lowest BCUT2D eigenvalue weighted by atomic mass is 9.92. The molecule has 1 aromatic carbocycles. The van der Waals surface area contributed by atoms with Crippen molar-refractivity contribution in [1.29, 1.82) is 0 Å². The maximum absolute atomic E-state index is 12.8. The monoisotopic (exact) mass is 443 g/mol. The number of amides is 1. The first-order chi connectivity index (χ1) is 14.5. The highest BCUT2D eigenvalue weighted by molar-refractivity contribution is 7.91. The summed E-state index contributed by atoms with van der Waals surface area (Å²) >= 11 is 0. The van der Waals surface area contributed by atoms with Crippen LogP contribution in [0.1, 0.15) is 38.9 Å². The van der Waals surface area contributed by atoms with Gasteiger partial charge in [-0.3, -0.25) is 9.59 Å². The number of carbonyl (C=O) groups excluding carboxylic acids is 1. The molecule has 3 aromatic rings. The zero-order valence-electron chi connectivity index (χ0n) is 17.7. The van der Waals surface area contributed by atoms with E-state index in [-0.39, 0.29) is 35.1 Å². The highest BCUT2D eigenvalue weighted by atomic mass is 32.2. The number of rotatable bonds is 4. The number of carbonyl (C=O) groups is 1. The molecule has 1 amide bonds. The zero-order chi connectivity index (χ0) is 22.4. The predicted molar refractivity (Wildman–Crippen MR) is 118 cm³/mol. The number of fused-ring (bicyclic) bond motifs is 1. The van der Waals surface area contributed by atoms with Crippen molar-refractivity contribution >= 4 is 32.3 Å². The van der Waals surface area contributed by atoms with Gasteiger partial charge >= 0.3 is 0 Å². The molecule has 2 aromatic heterocycles. The van der Waals surface area contributed by atoms with Gasteiger partial charge in [-0.15, -0.1) is 0 Å². The lowest BCUT2D eigenvalue weighted by molar-refractivity contribution is -0.117. The summed E-state index contributed by atoms with van der Waals surface area (Å²) in [7, 11) is -3.12. The van der Waals surface area contributed by atoms with E-state index in [4.69, 9.17) is 0 Å². The van der Waals surface area contributed by atoms with Crippen LogP contribution in [0.2, 0.25) is 0 Å². The Labute approximate surface area is 180 Å². The van der Waals surface area contributed by atoms with E-state index >= 15 is 0 Å². The van der Waals surface area contributed by atoms with Crippen molar-refractivity contribution in [2.24, 2.45) is 0 Å². The molecule has 1 fully saturated rings. The van der Waals surface area contributed by atoms with Crippen LogP contribution in [0, 0.1) is 0 Å². The Hall–Kier alpha value is -3.01. The molecule has 31 heavy (non-hydrogen) atoms. The van der Waals surface area contributed by atoms with Gasteiger partial charge in [0.15, 0.2) is 9.84 Å². The molecule has 10 heteroatoms. The van der Waals surface area contributed by atoms with Crippen LogP contribution in [-0.2, 0) is 26.6 Å². The van der Waals surface area contributed by atoms with E-state index < -0.39 is 15.7 Å². The summed E-state index contributed by atoms with van der Waals surface area (Å²) in [5.41, 5.74) is 0.117. The molecule has 9 nitrogen and oxygen atoms in total. The lowest BCUT2D eigenvalue weighted by Crippen LogP contribution is -2.30. The van der Waals surface area contributed by atoms with Crippen LogP contribution >= 0.6 is 0 Å². The summed E-state index contributed by atoms with van der Waals surface area (Å²) in [6.07, 6.45) is 2.00. The molecule has 1 aliphatic heterocycles. The first kappa shape index (κ1) is 21.2. The van der Waals surface area contributed by atoms with E-state index in [2.05, 4.69) is 15.5 Å². The van der Waals surface area contributed by atoms with Crippen LogP contribution < -0.4 is 10.9 Å². The molecule has 1 saturated heterocycles. The zero-order valence-corrected chi connectivity index (χ0v) is 18.5. The first-order valence-corrected chi connectivity index (χ1v) is 11.9. The molecule has 1 N–H and O–H groups in total. The highest BCUT2D eigenvalue weighted by Crippen LogP contribution is 2.30. The summed E-state index contributed by atoms with van der Waals surface area (Å²) in [4.78, 5) is 25.4. The van der Waals surface area contributed by atoms with Crippen molar-refractivity contribution in [2.75, 3.05) is 16.8 Å². The fourth-order valence-corrected chi connectivity index (χ4v) is 5.35. The van der Waals surface area contributed by atoms with Crippen molar-refractivity contribution in [3.8, 4) is 0 Å². The number of nitrogens with zero attached hydrogens (tertiary/aromatic N) is 4. The Morgan fingerprint density at radius 3 is 2.68 bits per heavy atom. The average molecular weight is 444 g/mol. The van der Waals surface area contributed by atoms with Crippen LogP contribution in [0.15, 0.2) is 41.3 Å². The first-order valence-electron chi connectivity index (χ1n) is 10.1. The van der Waals surface area contributed by atoms with Gasteiger partial charge in [0.25, 0.3) is 5.56 Å². The molecule has 1 unspecified atom stereocenters. The van der Waals surface area contributed by atoms with Gasteiger partial charge in [0.2, 0.25) is 5.91 Å². The van der Waals surface area contributed by atoms with Crippen LogP contribution in [0.5, 0.6) is 0 Å². The summed E-state index contributed by atoms with van der Waals surface area (Å²) in [5, 5.41) is 12.7. The largest absolute Gasteiger partial charge is 0.309 e. The third kappa shape index (κ3) is 4.39. The normalized spacial score (nSPS) is 18.4. The molecule has 164 valence electrons. The maximum atomic E-state index is 12.8. The van der Waals surface area contributed by atoms with Gasteiger partial charge in [-0.05, 0) is 12.5 Å². The Morgan fingerprint density at radius 2 is 2.00 bits per heavy atom. The quantitative estimate of drug-likeness (QED) is 0.658. The second-order valence-electron chi connectivity index (χ2n) is 8.91. The lowest BCUT2D eigenvalue weighted by Gasteiger charge is -2.15. The van der Waals surface area contributed by atoms with E-state index in [1.807, 2.05) is 26.8 Å². The number of sulfone groups is 1. The molecule has 3 heterocycles. The molecule has 0 radical (unpaired) electrons. The summed E-state index contributed by atoms with van der Waals surface area (Å²) in [6, 6.07) is 8.49. The number of hydrogen-bond acceptors (Lipinski definition) is 6. The summed E-state index contributed by atoms with van der Waals surface area (Å²) in [5.74, 6) is 0.0807. The Bertz CT molecular complexity index is 1320. The Morgan fingerprint density at radius 1 is 1.26 bits per heavy atom. The fourth-order valence-electron chi connectivity index (χ4n) is 3.66. The molecule has 0 aliphatic carbocycles. The van der Waals surface area contributed by atoms with Gasteiger partial charge in [0.1, 0.15) is 12.4 Å². The van der Waals surface area contributed by atoms with Crippen molar-refractivity contribution in [2.45, 2.75) is 45.2 Å². The fraction of sp³-hybridized carbons (Fsp3) is 0.429. The van der Waals surface area contributed by atoms with Gasteiger partial charge in [0, 0.05) is 16.9 Å². The van der Waals surface area contributed by atoms with E-state index in [9.17, 15) is 18.0 Å². The van der Waals surface area contributed by atoms with Gasteiger partial charge in [-0.1, -0.05) is 39.0 Å². The van der Waals surface area contributed by atoms with E-state index in [0.717, 1.165) is 10.4 Å². The third-order valence-electron chi connectivity index (χ3n) is 5.38. The molecule has 0 saturated carbocycles. The number of nitrogens with one attached hydrogen (secondary N) is 1. The number of anilines is 1. The smallest absolute Gasteiger partial charge is 0.275 e. The minimum atomic E-state index is -3.12. The van der Waals surface area contributed by atoms with E-state index in [0.29, 0.717) is 23.0 Å². The van der Waals surface area contributed by atoms with Crippen LogP contribution in [-0.4, -0.2) is 45.4 Å². The highest BCUT2D eigenvalue weighted by Gasteiger charge is 2.33. The van der Waals surface area contributed by atoms with Gasteiger partial charge in [-0.25, -0.2) is 17.8 Å². The third-order valence-corrected chi connectivity index (χ3v) is 7.13. The van der Waals surface area contributed by atoms with Crippen molar-refractivity contribution < 1.29 is 13.2 Å². The topological polar surface area (TPSA) is 116 Å². The molecular formula is C21H25N5O4S. The molecule has 1 aliphatic rings. The SMILES string of the molecule is CC(C)(C)c1cc(NC(=O)Cn2ncc3ccccc3c2=O)n(C2CCS(=O)(=O)C2)n1. The molecule has 1 atom stereocenters. The number of benzene rings is 1. The van der Waals surface area contributed by atoms with E-state index in [1.165, 1.54) is 0 Å². The molecule has 0 spiro atoms. The van der Waals surface area contributed by atoms with Crippen molar-refractivity contribution in [1.82, 2.24) is 19.6 Å². The predicted octanol–water partition coefficient (Wildman–Crippen LogP) is 1.89. The summed E-state index contributed by atoms with van der Waals surface area (Å²) < 4.78 is 26.6. The molecule has 0 bridgehead atoms. The average Bonchev–Trinajstić information content (AvgIpc) is 3.27. The Balaban J connectivity index is 1.61. The van der Waals surface area contributed by atoms with Gasteiger partial charge < -0.3 is 5.32 Å². The minimum Gasteiger partial charge on any atom is -0.309 e. The molecular weight excluding hydrogens is 418 g/mol. The van der Waals surface area contributed by atoms with Gasteiger partial charge in [0.05, 0.1) is 34.8 Å². The second kappa shape index (κ2) is 7.60. The number of hydrogen-bond donors (Lipinski definition) is 1. The number of aromatic nitrogens is 4. The van der Waals surface area contributed by atoms with Crippen LogP contribution in [0.4, 0.5) is 5.82 Å². The second-order valence-corrected chi connectivity index (χ2v) is 11.1. The Kier molecular flexibility index (Phi) is 5.20. The van der Waals surface area contributed by atoms with Crippen LogP contribution in [0.3, 0.4) is 0 Å². The van der Waals surface area contributed by atoms with Crippen LogP contribution in [0.25, 0.3) is 10.8 Å². The maximum Gasteiger partial charge on any atom is 0.275 e. The molecule has 4 rings (SSSR count).